The lowest BCUT2D eigenvalue weighted by molar-refractivity contribution is 0.415. The maximum atomic E-state index is 6.11. The van der Waals surface area contributed by atoms with Gasteiger partial charge in [-0.2, -0.15) is 0 Å². The molecule has 0 unspecified atom stereocenters. The van der Waals surface area contributed by atoms with Crippen molar-refractivity contribution < 1.29 is 4.74 Å². The van der Waals surface area contributed by atoms with Crippen molar-refractivity contribution in [3.05, 3.63) is 63.1 Å². The summed E-state index contributed by atoms with van der Waals surface area (Å²) in [6, 6.07) is 12.2. The maximum Gasteiger partial charge on any atom is 0.156 e. The molecule has 2 rings (SSSR count). The van der Waals surface area contributed by atoms with Gasteiger partial charge in [-0.3, -0.25) is 0 Å². The van der Waals surface area contributed by atoms with Crippen molar-refractivity contribution in [3.63, 3.8) is 0 Å². The Balaban J connectivity index is 1.96. The van der Waals surface area contributed by atoms with E-state index in [1.807, 2.05) is 12.1 Å². The van der Waals surface area contributed by atoms with E-state index in [0.29, 0.717) is 22.3 Å². The van der Waals surface area contributed by atoms with Crippen molar-refractivity contribution >= 4 is 23.2 Å². The molecule has 0 radical (unpaired) electrons. The molecule has 0 saturated carbocycles. The summed E-state index contributed by atoms with van der Waals surface area (Å²) in [5, 5.41) is 4.44. The van der Waals surface area contributed by atoms with Crippen LogP contribution < -0.4 is 10.1 Å². The first-order valence-corrected chi connectivity index (χ1v) is 7.14. The first-order chi connectivity index (χ1) is 9.60. The second-order valence-electron chi connectivity index (χ2n) is 4.68. The zero-order valence-corrected chi connectivity index (χ0v) is 13.1. The first-order valence-electron chi connectivity index (χ1n) is 6.38. The van der Waals surface area contributed by atoms with Crippen LogP contribution in [0.15, 0.2) is 36.4 Å². The van der Waals surface area contributed by atoms with Crippen LogP contribution in [0.5, 0.6) is 5.75 Å². The largest absolute Gasteiger partial charge is 0.494 e. The second kappa shape index (κ2) is 6.98. The molecule has 2 aromatic carbocycles. The number of hydrogen-bond acceptors (Lipinski definition) is 2. The van der Waals surface area contributed by atoms with Crippen LogP contribution in [-0.4, -0.2) is 7.11 Å². The lowest BCUT2D eigenvalue weighted by atomic mass is 10.1. The van der Waals surface area contributed by atoms with Gasteiger partial charge in [-0.1, -0.05) is 53.0 Å². The Labute approximate surface area is 129 Å². The minimum absolute atomic E-state index is 0.524. The summed E-state index contributed by atoms with van der Waals surface area (Å²) in [4.78, 5) is 0. The van der Waals surface area contributed by atoms with Crippen molar-refractivity contribution in [3.8, 4) is 5.75 Å². The molecule has 0 bridgehead atoms. The van der Waals surface area contributed by atoms with E-state index in [2.05, 4.69) is 36.5 Å². The number of benzene rings is 2. The Kier molecular flexibility index (Phi) is 5.30. The number of methoxy groups -OCH3 is 1. The molecule has 0 saturated heterocycles. The number of hydrogen-bond donors (Lipinski definition) is 1. The minimum Gasteiger partial charge on any atom is -0.494 e. The van der Waals surface area contributed by atoms with Crippen LogP contribution in [0.4, 0.5) is 0 Å². The van der Waals surface area contributed by atoms with Gasteiger partial charge in [0.2, 0.25) is 0 Å². The van der Waals surface area contributed by atoms with Crippen molar-refractivity contribution in [2.24, 2.45) is 0 Å². The Morgan fingerprint density at radius 2 is 1.50 bits per heavy atom. The molecular weight excluding hydrogens is 293 g/mol. The van der Waals surface area contributed by atoms with Gasteiger partial charge in [-0.05, 0) is 30.2 Å². The highest BCUT2D eigenvalue weighted by Gasteiger charge is 2.08. The van der Waals surface area contributed by atoms with E-state index in [1.165, 1.54) is 11.1 Å². The number of nitrogens with one attached hydrogen (secondary N) is 1. The van der Waals surface area contributed by atoms with E-state index in [-0.39, 0.29) is 0 Å². The third-order valence-electron chi connectivity index (χ3n) is 3.04. The van der Waals surface area contributed by atoms with Crippen molar-refractivity contribution in [1.29, 1.82) is 0 Å². The molecule has 0 heterocycles. The molecule has 0 aliphatic carbocycles. The Hall–Kier alpha value is -1.22. The summed E-state index contributed by atoms with van der Waals surface area (Å²) in [6.45, 7) is 3.59. The molecule has 1 N–H and O–H groups in total. The summed E-state index contributed by atoms with van der Waals surface area (Å²) in [5.74, 6) is 0.524. The Morgan fingerprint density at radius 1 is 0.950 bits per heavy atom. The number of rotatable bonds is 5. The van der Waals surface area contributed by atoms with E-state index in [0.717, 1.165) is 12.1 Å². The Morgan fingerprint density at radius 3 is 2.05 bits per heavy atom. The van der Waals surface area contributed by atoms with E-state index in [4.69, 9.17) is 27.9 Å². The fourth-order valence-corrected chi connectivity index (χ4v) is 2.65. The highest BCUT2D eigenvalue weighted by Crippen LogP contribution is 2.33. The van der Waals surface area contributed by atoms with Crippen molar-refractivity contribution in [2.75, 3.05) is 7.11 Å². The molecule has 0 aliphatic heterocycles. The van der Waals surface area contributed by atoms with Crippen LogP contribution in [0.3, 0.4) is 0 Å². The van der Waals surface area contributed by atoms with Gasteiger partial charge in [-0.15, -0.1) is 0 Å². The lowest BCUT2D eigenvalue weighted by Gasteiger charge is -2.10. The number of ether oxygens (including phenoxy) is 1. The molecule has 4 heteroatoms. The molecule has 2 aromatic rings. The lowest BCUT2D eigenvalue weighted by Crippen LogP contribution is -2.12. The first kappa shape index (κ1) is 15.2. The van der Waals surface area contributed by atoms with Crippen LogP contribution in [0.1, 0.15) is 16.7 Å². The summed E-state index contributed by atoms with van der Waals surface area (Å²) >= 11 is 12.2. The normalized spacial score (nSPS) is 10.6. The molecule has 0 amide bonds. The average molecular weight is 310 g/mol. The van der Waals surface area contributed by atoms with Gasteiger partial charge in [0.15, 0.2) is 5.75 Å². The number of halogens is 2. The standard InChI is InChI=1S/C16H17Cl2NO/c1-11-3-5-12(6-4-11)9-19-10-13-7-14(17)16(20-2)15(18)8-13/h3-8,19H,9-10H2,1-2H3. The van der Waals surface area contributed by atoms with Gasteiger partial charge in [0.05, 0.1) is 17.2 Å². The Bertz CT molecular complexity index is 559. The molecule has 0 aromatic heterocycles. The van der Waals surface area contributed by atoms with E-state index >= 15 is 0 Å². The van der Waals surface area contributed by atoms with Crippen LogP contribution in [0.2, 0.25) is 10.0 Å². The summed E-state index contributed by atoms with van der Waals surface area (Å²) in [5.41, 5.74) is 3.55. The van der Waals surface area contributed by atoms with Gasteiger partial charge in [-0.25, -0.2) is 0 Å². The summed E-state index contributed by atoms with van der Waals surface area (Å²) in [7, 11) is 1.56. The van der Waals surface area contributed by atoms with Crippen LogP contribution >= 0.6 is 23.2 Å². The van der Waals surface area contributed by atoms with Gasteiger partial charge in [0, 0.05) is 13.1 Å². The molecule has 20 heavy (non-hydrogen) atoms. The van der Waals surface area contributed by atoms with Crippen LogP contribution in [-0.2, 0) is 13.1 Å². The van der Waals surface area contributed by atoms with Crippen LogP contribution in [0.25, 0.3) is 0 Å². The maximum absolute atomic E-state index is 6.11. The van der Waals surface area contributed by atoms with Gasteiger partial charge < -0.3 is 10.1 Å². The smallest absolute Gasteiger partial charge is 0.156 e. The third-order valence-corrected chi connectivity index (χ3v) is 3.60. The zero-order chi connectivity index (χ0) is 14.5. The van der Waals surface area contributed by atoms with Crippen molar-refractivity contribution in [2.45, 2.75) is 20.0 Å². The number of aryl methyl sites for hydroxylation is 1. The van der Waals surface area contributed by atoms with Gasteiger partial charge in [0.1, 0.15) is 0 Å². The SMILES string of the molecule is COc1c(Cl)cc(CNCc2ccc(C)cc2)cc1Cl. The van der Waals surface area contributed by atoms with E-state index in [1.54, 1.807) is 7.11 Å². The van der Waals surface area contributed by atoms with E-state index < -0.39 is 0 Å². The van der Waals surface area contributed by atoms with Crippen molar-refractivity contribution in [1.82, 2.24) is 5.32 Å². The second-order valence-corrected chi connectivity index (χ2v) is 5.50. The highest BCUT2D eigenvalue weighted by molar-refractivity contribution is 6.37. The zero-order valence-electron chi connectivity index (χ0n) is 11.5. The van der Waals surface area contributed by atoms with Gasteiger partial charge in [0.25, 0.3) is 0 Å². The highest BCUT2D eigenvalue weighted by atomic mass is 35.5. The predicted octanol–water partition coefficient (Wildman–Crippen LogP) is 4.60. The molecule has 2 nitrogen and oxygen atoms in total. The topological polar surface area (TPSA) is 21.3 Å². The fraction of sp³-hybridized carbons (Fsp3) is 0.250. The molecular formula is C16H17Cl2NO. The molecule has 0 aliphatic rings. The summed E-state index contributed by atoms with van der Waals surface area (Å²) < 4.78 is 5.13. The molecule has 0 spiro atoms. The summed E-state index contributed by atoms with van der Waals surface area (Å²) in [6.07, 6.45) is 0. The van der Waals surface area contributed by atoms with Gasteiger partial charge >= 0.3 is 0 Å². The fourth-order valence-electron chi connectivity index (χ4n) is 1.97. The van der Waals surface area contributed by atoms with Crippen LogP contribution in [0, 0.1) is 6.92 Å². The molecule has 0 atom stereocenters. The molecule has 0 fully saturated rings. The average Bonchev–Trinajstić information content (AvgIpc) is 2.41. The minimum atomic E-state index is 0.524. The quantitative estimate of drug-likeness (QED) is 0.871. The molecule has 106 valence electrons. The monoisotopic (exact) mass is 309 g/mol. The van der Waals surface area contributed by atoms with E-state index in [9.17, 15) is 0 Å². The third kappa shape index (κ3) is 3.89. The predicted molar refractivity (Wildman–Crippen MR) is 84.7 cm³/mol.